The highest BCUT2D eigenvalue weighted by molar-refractivity contribution is 5.86. The highest BCUT2D eigenvalue weighted by atomic mass is 16.5. The summed E-state index contributed by atoms with van der Waals surface area (Å²) in [6, 6.07) is 0. The summed E-state index contributed by atoms with van der Waals surface area (Å²) >= 11 is 0. The summed E-state index contributed by atoms with van der Waals surface area (Å²) in [7, 11) is 0. The summed E-state index contributed by atoms with van der Waals surface area (Å²) in [6.45, 7) is 12.7. The van der Waals surface area contributed by atoms with E-state index in [-0.39, 0.29) is 11.5 Å². The van der Waals surface area contributed by atoms with Crippen LogP contribution in [0.3, 0.4) is 0 Å². The second kappa shape index (κ2) is 9.34. The van der Waals surface area contributed by atoms with Gasteiger partial charge in [0.15, 0.2) is 0 Å². The molecule has 0 spiro atoms. The molecule has 0 saturated heterocycles. The molecule has 0 aromatic heterocycles. The molecule has 1 aliphatic rings. The van der Waals surface area contributed by atoms with Crippen LogP contribution in [0.5, 0.6) is 0 Å². The van der Waals surface area contributed by atoms with E-state index in [0.717, 1.165) is 5.92 Å². The molecule has 0 unspecified atom stereocenters. The molecule has 1 rings (SSSR count). The van der Waals surface area contributed by atoms with E-state index in [4.69, 9.17) is 9.84 Å². The van der Waals surface area contributed by atoms with Gasteiger partial charge in [-0.15, -0.1) is 0 Å². The van der Waals surface area contributed by atoms with Crippen LogP contribution in [0.4, 0.5) is 0 Å². The first-order valence-corrected chi connectivity index (χ1v) is 6.95. The van der Waals surface area contributed by atoms with Gasteiger partial charge >= 0.3 is 11.9 Å². The fourth-order valence-electron chi connectivity index (χ4n) is 1.81. The van der Waals surface area contributed by atoms with Crippen molar-refractivity contribution >= 4 is 11.9 Å². The van der Waals surface area contributed by atoms with Crippen LogP contribution in [0.15, 0.2) is 24.3 Å². The number of esters is 1. The Balaban J connectivity index is 0.000000511. The van der Waals surface area contributed by atoms with Gasteiger partial charge in [0.1, 0.15) is 0 Å². The molecule has 0 atom stereocenters. The molecule has 1 saturated carbocycles. The third kappa shape index (κ3) is 8.51. The molecule has 0 aliphatic heterocycles. The molecular weight excluding hydrogens is 256 g/mol. The van der Waals surface area contributed by atoms with Gasteiger partial charge in [0.05, 0.1) is 6.61 Å². The Morgan fingerprint density at radius 3 is 1.90 bits per heavy atom. The molecular formula is C16H26O4. The molecule has 4 heteroatoms. The fourth-order valence-corrected chi connectivity index (χ4v) is 1.81. The van der Waals surface area contributed by atoms with Gasteiger partial charge in [-0.25, -0.2) is 9.59 Å². The summed E-state index contributed by atoms with van der Waals surface area (Å²) in [5.74, 6) is 0.246. The molecule has 114 valence electrons. The van der Waals surface area contributed by atoms with Crippen LogP contribution >= 0.6 is 0 Å². The monoisotopic (exact) mass is 282 g/mol. The lowest BCUT2D eigenvalue weighted by Crippen LogP contribution is -2.19. The van der Waals surface area contributed by atoms with Crippen LogP contribution in [-0.4, -0.2) is 23.7 Å². The molecule has 0 radical (unpaired) electrons. The minimum atomic E-state index is -0.935. The number of hydrogen-bond acceptors (Lipinski definition) is 3. The largest absolute Gasteiger partial charge is 0.478 e. The van der Waals surface area contributed by atoms with E-state index in [9.17, 15) is 9.59 Å². The summed E-state index contributed by atoms with van der Waals surface area (Å²) in [5, 5.41) is 7.89. The number of carboxylic acid groups (broad SMARTS) is 1. The quantitative estimate of drug-likeness (QED) is 0.632. The van der Waals surface area contributed by atoms with Gasteiger partial charge in [-0.2, -0.15) is 0 Å². The summed E-state index contributed by atoms with van der Waals surface area (Å²) in [6.07, 6.45) is 4.94. The lowest BCUT2D eigenvalue weighted by molar-refractivity contribution is -0.140. The first kappa shape index (κ1) is 18.4. The van der Waals surface area contributed by atoms with Gasteiger partial charge in [-0.1, -0.05) is 32.9 Å². The number of aliphatic carboxylic acids is 1. The molecule has 1 N–H and O–H groups in total. The summed E-state index contributed by atoms with van der Waals surface area (Å²) in [5.41, 5.74) is 0.671. The Labute approximate surface area is 121 Å². The van der Waals surface area contributed by atoms with Gasteiger partial charge in [0, 0.05) is 11.1 Å². The van der Waals surface area contributed by atoms with E-state index < -0.39 is 5.97 Å². The van der Waals surface area contributed by atoms with Crippen molar-refractivity contribution in [1.29, 1.82) is 0 Å². The minimum absolute atomic E-state index is 0.176. The lowest BCUT2D eigenvalue weighted by Gasteiger charge is -2.25. The Kier molecular flexibility index (Phi) is 8.61. The number of carboxylic acids is 1. The molecule has 0 amide bonds. The SMILES string of the molecule is C=C(C)C(=O)O.C=C(C)C(=O)OCC1CCC(C)CC1. The first-order valence-electron chi connectivity index (χ1n) is 6.95. The predicted octanol–water partition coefficient (Wildman–Crippen LogP) is 3.58. The average molecular weight is 282 g/mol. The summed E-state index contributed by atoms with van der Waals surface area (Å²) in [4.78, 5) is 20.7. The number of ether oxygens (including phenoxy) is 1. The second-order valence-electron chi connectivity index (χ2n) is 5.59. The number of carbonyl (C=O) groups excluding carboxylic acids is 1. The van der Waals surface area contributed by atoms with E-state index in [1.54, 1.807) is 6.92 Å². The van der Waals surface area contributed by atoms with Crippen molar-refractivity contribution in [2.75, 3.05) is 6.61 Å². The van der Waals surface area contributed by atoms with Crippen LogP contribution in [0.1, 0.15) is 46.5 Å². The van der Waals surface area contributed by atoms with Crippen molar-refractivity contribution in [2.45, 2.75) is 46.5 Å². The molecule has 0 bridgehead atoms. The molecule has 0 aromatic rings. The van der Waals surface area contributed by atoms with Crippen LogP contribution < -0.4 is 0 Å². The van der Waals surface area contributed by atoms with Gasteiger partial charge in [-0.3, -0.25) is 0 Å². The van der Waals surface area contributed by atoms with E-state index >= 15 is 0 Å². The second-order valence-corrected chi connectivity index (χ2v) is 5.59. The average Bonchev–Trinajstić information content (AvgIpc) is 2.38. The van der Waals surface area contributed by atoms with Crippen LogP contribution in [0.25, 0.3) is 0 Å². The van der Waals surface area contributed by atoms with Gasteiger partial charge in [0.25, 0.3) is 0 Å². The maximum absolute atomic E-state index is 11.1. The molecule has 0 aromatic carbocycles. The van der Waals surface area contributed by atoms with Crippen molar-refractivity contribution in [3.8, 4) is 0 Å². The van der Waals surface area contributed by atoms with E-state index in [0.29, 0.717) is 18.1 Å². The van der Waals surface area contributed by atoms with Gasteiger partial charge < -0.3 is 9.84 Å². The summed E-state index contributed by atoms with van der Waals surface area (Å²) < 4.78 is 5.14. The van der Waals surface area contributed by atoms with Gasteiger partial charge in [-0.05, 0) is 38.5 Å². The first-order chi connectivity index (χ1) is 9.23. The van der Waals surface area contributed by atoms with E-state index in [1.807, 2.05) is 0 Å². The minimum Gasteiger partial charge on any atom is -0.478 e. The molecule has 1 aliphatic carbocycles. The highest BCUT2D eigenvalue weighted by Crippen LogP contribution is 2.28. The van der Waals surface area contributed by atoms with Crippen molar-refractivity contribution in [2.24, 2.45) is 11.8 Å². The molecule has 1 fully saturated rings. The topological polar surface area (TPSA) is 63.6 Å². The molecule has 20 heavy (non-hydrogen) atoms. The number of rotatable bonds is 4. The Morgan fingerprint density at radius 1 is 1.10 bits per heavy atom. The zero-order valence-electron chi connectivity index (χ0n) is 12.8. The van der Waals surface area contributed by atoms with Crippen molar-refractivity contribution in [3.63, 3.8) is 0 Å². The fraction of sp³-hybridized carbons (Fsp3) is 0.625. The zero-order valence-corrected chi connectivity index (χ0v) is 12.8. The Hall–Kier alpha value is -1.58. The van der Waals surface area contributed by atoms with Crippen molar-refractivity contribution in [3.05, 3.63) is 24.3 Å². The number of hydrogen-bond donors (Lipinski definition) is 1. The third-order valence-corrected chi connectivity index (χ3v) is 3.30. The molecule has 0 heterocycles. The van der Waals surface area contributed by atoms with Crippen molar-refractivity contribution in [1.82, 2.24) is 0 Å². The normalized spacial score (nSPS) is 21.1. The van der Waals surface area contributed by atoms with Gasteiger partial charge in [0.2, 0.25) is 0 Å². The third-order valence-electron chi connectivity index (χ3n) is 3.30. The highest BCUT2D eigenvalue weighted by Gasteiger charge is 2.19. The van der Waals surface area contributed by atoms with Crippen LogP contribution in [0.2, 0.25) is 0 Å². The molecule has 4 nitrogen and oxygen atoms in total. The van der Waals surface area contributed by atoms with E-state index in [2.05, 4.69) is 20.1 Å². The lowest BCUT2D eigenvalue weighted by atomic mass is 9.83. The smallest absolute Gasteiger partial charge is 0.333 e. The standard InChI is InChI=1S/C12H20O2.C4H6O2/c1-9(2)12(13)14-8-11-6-4-10(3)5-7-11;1-3(2)4(5)6/h10-11H,1,4-8H2,2-3H3;1H2,2H3,(H,5,6). The maximum atomic E-state index is 11.1. The zero-order chi connectivity index (χ0) is 15.7. The van der Waals surface area contributed by atoms with Crippen LogP contribution in [-0.2, 0) is 14.3 Å². The van der Waals surface area contributed by atoms with Crippen LogP contribution in [0, 0.1) is 11.8 Å². The number of carbonyl (C=O) groups is 2. The van der Waals surface area contributed by atoms with E-state index in [1.165, 1.54) is 32.6 Å². The maximum Gasteiger partial charge on any atom is 0.333 e. The predicted molar refractivity (Wildman–Crippen MR) is 79.3 cm³/mol. The van der Waals surface area contributed by atoms with Crippen molar-refractivity contribution < 1.29 is 19.4 Å². The Bertz CT molecular complexity index is 351. The Morgan fingerprint density at radius 2 is 1.55 bits per heavy atom.